The Morgan fingerprint density at radius 2 is 1.71 bits per heavy atom. The number of aryl methyl sites for hydroxylation is 1. The third-order valence-electron chi connectivity index (χ3n) is 1.85. The predicted molar refractivity (Wildman–Crippen MR) is 57.9 cm³/mol. The summed E-state index contributed by atoms with van der Waals surface area (Å²) in [5, 5.41) is 0. The van der Waals surface area contributed by atoms with Crippen LogP contribution >= 0.6 is 0 Å². The van der Waals surface area contributed by atoms with Crippen LogP contribution in [0, 0.1) is 0 Å². The lowest BCUT2D eigenvalue weighted by Crippen LogP contribution is -1.92. The Labute approximate surface area is 85.8 Å². The van der Waals surface area contributed by atoms with Crippen molar-refractivity contribution in [3.63, 3.8) is 0 Å². The first-order valence-corrected chi connectivity index (χ1v) is 5.20. The van der Waals surface area contributed by atoms with Crippen LogP contribution in [0.25, 0.3) is 0 Å². The normalized spacial score (nSPS) is 11.9. The Morgan fingerprint density at radius 3 is 2.36 bits per heavy atom. The first-order chi connectivity index (χ1) is 6.81. The molecule has 14 heavy (non-hydrogen) atoms. The molecular formula is C12H18O2. The lowest BCUT2D eigenvalue weighted by atomic mass is 10.1. The summed E-state index contributed by atoms with van der Waals surface area (Å²) >= 11 is 0. The van der Waals surface area contributed by atoms with Crippen molar-refractivity contribution in [2.75, 3.05) is 6.79 Å². The third kappa shape index (κ3) is 2.66. The molecule has 0 aliphatic carbocycles. The van der Waals surface area contributed by atoms with Crippen LogP contribution in [-0.2, 0) is 6.42 Å². The highest BCUT2D eigenvalue weighted by molar-refractivity contribution is 5.44. The van der Waals surface area contributed by atoms with Crippen molar-refractivity contribution >= 4 is 0 Å². The van der Waals surface area contributed by atoms with Gasteiger partial charge in [-0.25, -0.2) is 0 Å². The van der Waals surface area contributed by atoms with Gasteiger partial charge in [0, 0.05) is 0 Å². The highest BCUT2D eigenvalue weighted by atomic mass is 16.7. The van der Waals surface area contributed by atoms with E-state index in [1.807, 2.05) is 12.1 Å². The van der Waals surface area contributed by atoms with Crippen molar-refractivity contribution in [1.82, 2.24) is 0 Å². The summed E-state index contributed by atoms with van der Waals surface area (Å²) in [7, 11) is 0. The fraction of sp³-hybridized carbons (Fsp3) is 0.500. The Bertz CT molecular complexity index is 282. The second-order valence-electron chi connectivity index (χ2n) is 3.25. The minimum Gasteiger partial charge on any atom is -0.454 e. The zero-order valence-electron chi connectivity index (χ0n) is 9.17. The molecule has 2 rings (SSSR count). The smallest absolute Gasteiger partial charge is 0.231 e. The average molecular weight is 194 g/mol. The van der Waals surface area contributed by atoms with Crippen molar-refractivity contribution in [3.05, 3.63) is 23.8 Å². The molecule has 0 radical (unpaired) electrons. The molecule has 0 atom stereocenters. The molecule has 0 N–H and O–H groups in total. The molecule has 2 heteroatoms. The molecule has 1 aliphatic rings. The van der Waals surface area contributed by atoms with Gasteiger partial charge in [0.15, 0.2) is 11.5 Å². The summed E-state index contributed by atoms with van der Waals surface area (Å²) < 4.78 is 10.4. The molecule has 0 saturated carbocycles. The first kappa shape index (κ1) is 10.9. The summed E-state index contributed by atoms with van der Waals surface area (Å²) in [5.74, 6) is 1.74. The van der Waals surface area contributed by atoms with E-state index < -0.39 is 0 Å². The minimum atomic E-state index is 0.364. The number of hydrogen-bond acceptors (Lipinski definition) is 2. The summed E-state index contributed by atoms with van der Waals surface area (Å²) in [6.45, 7) is 6.74. The van der Waals surface area contributed by atoms with E-state index in [0.717, 1.165) is 17.9 Å². The van der Waals surface area contributed by atoms with Gasteiger partial charge in [-0.2, -0.15) is 0 Å². The highest BCUT2D eigenvalue weighted by Crippen LogP contribution is 2.32. The molecule has 0 saturated heterocycles. The van der Waals surface area contributed by atoms with Gasteiger partial charge in [0.1, 0.15) is 0 Å². The molecule has 0 amide bonds. The number of ether oxygens (including phenoxy) is 2. The molecule has 1 heterocycles. The van der Waals surface area contributed by atoms with Gasteiger partial charge in [-0.15, -0.1) is 0 Å². The third-order valence-corrected chi connectivity index (χ3v) is 1.85. The molecule has 0 spiro atoms. The van der Waals surface area contributed by atoms with Crippen LogP contribution in [0.15, 0.2) is 18.2 Å². The van der Waals surface area contributed by atoms with Crippen LogP contribution in [0.2, 0.25) is 0 Å². The molecule has 0 unspecified atom stereocenters. The van der Waals surface area contributed by atoms with Gasteiger partial charge < -0.3 is 9.47 Å². The zero-order chi connectivity index (χ0) is 10.4. The Kier molecular flexibility index (Phi) is 4.30. The Hall–Kier alpha value is -1.18. The predicted octanol–water partition coefficient (Wildman–Crippen LogP) is 3.39. The van der Waals surface area contributed by atoms with E-state index >= 15 is 0 Å². The molecule has 2 nitrogen and oxygen atoms in total. The van der Waals surface area contributed by atoms with Crippen LogP contribution in [0.3, 0.4) is 0 Å². The van der Waals surface area contributed by atoms with E-state index in [1.54, 1.807) is 0 Å². The van der Waals surface area contributed by atoms with E-state index in [0.29, 0.717) is 6.79 Å². The van der Waals surface area contributed by atoms with Crippen LogP contribution in [0.4, 0.5) is 0 Å². The topological polar surface area (TPSA) is 18.5 Å². The van der Waals surface area contributed by atoms with Gasteiger partial charge in [-0.05, 0) is 24.1 Å². The van der Waals surface area contributed by atoms with E-state index in [9.17, 15) is 0 Å². The van der Waals surface area contributed by atoms with E-state index in [-0.39, 0.29) is 0 Å². The molecule has 0 aromatic heterocycles. The van der Waals surface area contributed by atoms with E-state index in [4.69, 9.17) is 9.47 Å². The maximum Gasteiger partial charge on any atom is 0.231 e. The molecular weight excluding hydrogens is 176 g/mol. The van der Waals surface area contributed by atoms with Gasteiger partial charge >= 0.3 is 0 Å². The molecule has 0 fully saturated rings. The number of benzene rings is 1. The number of rotatable bonds is 1. The van der Waals surface area contributed by atoms with Crippen LogP contribution in [-0.4, -0.2) is 6.79 Å². The molecule has 78 valence electrons. The lowest BCUT2D eigenvalue weighted by Gasteiger charge is -1.97. The largest absolute Gasteiger partial charge is 0.454 e. The van der Waals surface area contributed by atoms with Gasteiger partial charge in [0.05, 0.1) is 0 Å². The van der Waals surface area contributed by atoms with Crippen LogP contribution in [0.5, 0.6) is 11.5 Å². The molecule has 1 aromatic rings. The van der Waals surface area contributed by atoms with Gasteiger partial charge in [-0.3, -0.25) is 0 Å². The summed E-state index contributed by atoms with van der Waals surface area (Å²) in [5.41, 5.74) is 1.29. The fourth-order valence-electron chi connectivity index (χ4n) is 1.16. The second-order valence-corrected chi connectivity index (χ2v) is 3.25. The molecule has 1 aliphatic heterocycles. The van der Waals surface area contributed by atoms with Crippen molar-refractivity contribution < 1.29 is 9.47 Å². The lowest BCUT2D eigenvalue weighted by molar-refractivity contribution is 0.174. The summed E-state index contributed by atoms with van der Waals surface area (Å²) in [6, 6.07) is 6.05. The van der Waals surface area contributed by atoms with Gasteiger partial charge in [0.25, 0.3) is 0 Å². The Balaban J connectivity index is 0.000000293. The minimum absolute atomic E-state index is 0.364. The van der Waals surface area contributed by atoms with E-state index in [2.05, 4.69) is 26.8 Å². The molecule has 1 aromatic carbocycles. The van der Waals surface area contributed by atoms with Gasteiger partial charge in [-0.1, -0.05) is 33.3 Å². The van der Waals surface area contributed by atoms with E-state index in [1.165, 1.54) is 12.0 Å². The quantitative estimate of drug-likeness (QED) is 0.682. The standard InChI is InChI=1S/C9H10O2.C3H8/c1-2-7-3-4-8-9(5-7)11-6-10-8;1-3-2/h3-5H,2,6H2,1H3;3H2,1-2H3. The van der Waals surface area contributed by atoms with Crippen LogP contribution < -0.4 is 9.47 Å². The SMILES string of the molecule is CCC.CCc1ccc2c(c1)OCO2. The number of hydrogen-bond donors (Lipinski definition) is 0. The monoisotopic (exact) mass is 194 g/mol. The summed E-state index contributed by atoms with van der Waals surface area (Å²) in [4.78, 5) is 0. The maximum absolute atomic E-state index is 5.22. The number of fused-ring (bicyclic) bond motifs is 1. The van der Waals surface area contributed by atoms with Crippen molar-refractivity contribution in [3.8, 4) is 11.5 Å². The first-order valence-electron chi connectivity index (χ1n) is 5.20. The second kappa shape index (κ2) is 5.53. The van der Waals surface area contributed by atoms with Crippen molar-refractivity contribution in [2.45, 2.75) is 33.6 Å². The average Bonchev–Trinajstić information content (AvgIpc) is 2.65. The van der Waals surface area contributed by atoms with Crippen LogP contribution in [0.1, 0.15) is 32.8 Å². The van der Waals surface area contributed by atoms with Gasteiger partial charge in [0.2, 0.25) is 6.79 Å². The maximum atomic E-state index is 5.22. The Morgan fingerprint density at radius 1 is 1.07 bits per heavy atom. The molecule has 0 bridgehead atoms. The van der Waals surface area contributed by atoms with Crippen molar-refractivity contribution in [2.24, 2.45) is 0 Å². The zero-order valence-corrected chi connectivity index (χ0v) is 9.17. The highest BCUT2D eigenvalue weighted by Gasteiger charge is 2.11. The summed E-state index contributed by atoms with van der Waals surface area (Å²) in [6.07, 6.45) is 2.29. The fourth-order valence-corrected chi connectivity index (χ4v) is 1.16. The van der Waals surface area contributed by atoms with Crippen molar-refractivity contribution in [1.29, 1.82) is 0 Å².